The zero-order valence-electron chi connectivity index (χ0n) is 23.3. The first-order valence-electron chi connectivity index (χ1n) is 14.1. The van der Waals surface area contributed by atoms with Gasteiger partial charge in [0.25, 0.3) is 10.1 Å². The largest absolute Gasteiger partial charge is 0.777 e. The molecule has 1 unspecified atom stereocenters. The third-order valence-electron chi connectivity index (χ3n) is 6.22. The molecule has 1 aromatic rings. The molecule has 0 amide bonds. The van der Waals surface area contributed by atoms with E-state index in [0.717, 1.165) is 24.3 Å². The summed E-state index contributed by atoms with van der Waals surface area (Å²) in [4.78, 5) is 11.8. The summed E-state index contributed by atoms with van der Waals surface area (Å²) in [5.41, 5.74) is 0.887. The van der Waals surface area contributed by atoms with E-state index in [-0.39, 0.29) is 11.5 Å². The average molecular weight is 562 g/mol. The molecular weight excluding hydrogens is 511 g/mol. The molecule has 0 radical (unpaired) electrons. The molecule has 0 aliphatic heterocycles. The van der Waals surface area contributed by atoms with Crippen LogP contribution in [-0.2, 0) is 28.1 Å². The molecular formula is C28H50O7PS-. The lowest BCUT2D eigenvalue weighted by atomic mass is 10.0. The SMILES string of the molecule is Cc1ccc(S(=O)(=O)OCP(=O)([O-])OCCCOCCCCCCCCCCCCCCC(C)C)cc1. The Balaban J connectivity index is 1.91. The van der Waals surface area contributed by atoms with Crippen molar-refractivity contribution in [3.63, 3.8) is 0 Å². The van der Waals surface area contributed by atoms with Crippen LogP contribution in [0.1, 0.15) is 109 Å². The highest BCUT2D eigenvalue weighted by molar-refractivity contribution is 7.87. The topological polar surface area (TPSA) is 102 Å². The van der Waals surface area contributed by atoms with Gasteiger partial charge in [-0.05, 0) is 37.8 Å². The number of hydrogen-bond acceptors (Lipinski definition) is 7. The van der Waals surface area contributed by atoms with E-state index >= 15 is 0 Å². The van der Waals surface area contributed by atoms with Gasteiger partial charge in [0, 0.05) is 13.2 Å². The number of hydrogen-bond donors (Lipinski definition) is 0. The van der Waals surface area contributed by atoms with Crippen LogP contribution in [0.25, 0.3) is 0 Å². The van der Waals surface area contributed by atoms with Crippen molar-refractivity contribution in [1.29, 1.82) is 0 Å². The molecule has 0 N–H and O–H groups in total. The molecule has 1 aromatic carbocycles. The van der Waals surface area contributed by atoms with E-state index in [1.807, 2.05) is 6.92 Å². The maximum Gasteiger partial charge on any atom is 0.297 e. The Bertz CT molecular complexity index is 841. The van der Waals surface area contributed by atoms with Crippen LogP contribution < -0.4 is 4.89 Å². The van der Waals surface area contributed by atoms with E-state index in [1.165, 1.54) is 82.8 Å². The normalized spacial score (nSPS) is 13.8. The third-order valence-corrected chi connectivity index (χ3v) is 8.69. The Morgan fingerprint density at radius 1 is 0.757 bits per heavy atom. The van der Waals surface area contributed by atoms with Crippen LogP contribution in [0.2, 0.25) is 0 Å². The Hall–Kier alpha value is -0.760. The van der Waals surface area contributed by atoms with Gasteiger partial charge in [-0.25, -0.2) is 0 Å². The molecule has 0 heterocycles. The third kappa shape index (κ3) is 19.0. The van der Waals surface area contributed by atoms with Gasteiger partial charge < -0.3 is 18.7 Å². The number of rotatable bonds is 24. The van der Waals surface area contributed by atoms with Crippen LogP contribution in [0.3, 0.4) is 0 Å². The maximum atomic E-state index is 12.1. The second-order valence-electron chi connectivity index (χ2n) is 10.3. The predicted molar refractivity (Wildman–Crippen MR) is 148 cm³/mol. The number of benzene rings is 1. The molecule has 0 aromatic heterocycles. The quantitative estimate of drug-likeness (QED) is 0.0738. The first-order chi connectivity index (χ1) is 17.6. The van der Waals surface area contributed by atoms with Crippen molar-refractivity contribution in [2.75, 3.05) is 26.2 Å². The maximum absolute atomic E-state index is 12.1. The van der Waals surface area contributed by atoms with Gasteiger partial charge in [0.1, 0.15) is 6.35 Å². The molecule has 0 spiro atoms. The second kappa shape index (κ2) is 20.2. The number of aryl methyl sites for hydroxylation is 1. The lowest BCUT2D eigenvalue weighted by Gasteiger charge is -2.22. The summed E-state index contributed by atoms with van der Waals surface area (Å²) < 4.78 is 51.2. The van der Waals surface area contributed by atoms with Gasteiger partial charge in [0.15, 0.2) is 7.60 Å². The summed E-state index contributed by atoms with van der Waals surface area (Å²) in [6.45, 7) is 7.42. The summed E-state index contributed by atoms with van der Waals surface area (Å²) in [6, 6.07) is 5.97. The second-order valence-corrected chi connectivity index (χ2v) is 13.7. The molecule has 0 saturated heterocycles. The molecule has 1 atom stereocenters. The van der Waals surface area contributed by atoms with Gasteiger partial charge in [-0.3, -0.25) is 4.18 Å². The van der Waals surface area contributed by atoms with Gasteiger partial charge in [-0.2, -0.15) is 8.42 Å². The predicted octanol–water partition coefficient (Wildman–Crippen LogP) is 7.36. The van der Waals surface area contributed by atoms with Gasteiger partial charge in [-0.1, -0.05) is 109 Å². The van der Waals surface area contributed by atoms with E-state index in [2.05, 4.69) is 18.0 Å². The highest BCUT2D eigenvalue weighted by Gasteiger charge is 2.19. The van der Waals surface area contributed by atoms with Gasteiger partial charge >= 0.3 is 0 Å². The minimum absolute atomic E-state index is 0.0628. The summed E-state index contributed by atoms with van der Waals surface area (Å²) in [7, 11) is -8.57. The molecule has 0 saturated carbocycles. The van der Waals surface area contributed by atoms with E-state index < -0.39 is 24.1 Å². The lowest BCUT2D eigenvalue weighted by molar-refractivity contribution is -0.201. The molecule has 37 heavy (non-hydrogen) atoms. The van der Waals surface area contributed by atoms with Crippen molar-refractivity contribution in [2.24, 2.45) is 5.92 Å². The molecule has 0 bridgehead atoms. The monoisotopic (exact) mass is 561 g/mol. The Labute approximate surface area is 226 Å². The molecule has 0 fully saturated rings. The highest BCUT2D eigenvalue weighted by Crippen LogP contribution is 2.37. The molecule has 9 heteroatoms. The highest BCUT2D eigenvalue weighted by atomic mass is 32.2. The van der Waals surface area contributed by atoms with E-state index in [9.17, 15) is 17.9 Å². The number of ether oxygens (including phenoxy) is 1. The first-order valence-corrected chi connectivity index (χ1v) is 17.2. The van der Waals surface area contributed by atoms with Crippen molar-refractivity contribution in [2.45, 2.75) is 116 Å². The fraction of sp³-hybridized carbons (Fsp3) is 0.786. The summed E-state index contributed by atoms with van der Waals surface area (Å²) >= 11 is 0. The van der Waals surface area contributed by atoms with Crippen LogP contribution in [0.5, 0.6) is 0 Å². The van der Waals surface area contributed by atoms with E-state index in [0.29, 0.717) is 19.6 Å². The molecule has 216 valence electrons. The zero-order valence-corrected chi connectivity index (χ0v) is 25.0. The standard InChI is InChI=1S/C28H51O7PS/c1-26(2)17-14-12-10-8-6-4-5-7-9-11-13-15-22-33-23-16-24-34-36(29,30)25-35-37(31,32)28-20-18-27(3)19-21-28/h18-21,26H,4-17,22-25H2,1-3H3,(H,29,30)/p-1. The Morgan fingerprint density at radius 2 is 1.24 bits per heavy atom. The van der Waals surface area contributed by atoms with Crippen LogP contribution in [0.15, 0.2) is 29.2 Å². The van der Waals surface area contributed by atoms with Gasteiger partial charge in [-0.15, -0.1) is 0 Å². The van der Waals surface area contributed by atoms with Crippen molar-refractivity contribution < 1.29 is 31.3 Å². The van der Waals surface area contributed by atoms with Gasteiger partial charge in [0.05, 0.1) is 11.5 Å². The molecule has 0 aliphatic carbocycles. The van der Waals surface area contributed by atoms with Crippen molar-refractivity contribution in [3.05, 3.63) is 29.8 Å². The fourth-order valence-electron chi connectivity index (χ4n) is 3.94. The van der Waals surface area contributed by atoms with Crippen LogP contribution in [-0.4, -0.2) is 34.6 Å². The molecule has 7 nitrogen and oxygen atoms in total. The molecule has 0 aliphatic rings. The number of unbranched alkanes of at least 4 members (excludes halogenated alkanes) is 11. The smallest absolute Gasteiger partial charge is 0.297 e. The van der Waals surface area contributed by atoms with Crippen molar-refractivity contribution >= 4 is 17.7 Å². The first kappa shape index (κ1) is 34.3. The zero-order chi connectivity index (χ0) is 27.4. The van der Waals surface area contributed by atoms with Gasteiger partial charge in [0.2, 0.25) is 0 Å². The van der Waals surface area contributed by atoms with Crippen LogP contribution >= 0.6 is 7.60 Å². The summed E-state index contributed by atoms with van der Waals surface area (Å²) in [5, 5.41) is 0. The minimum Gasteiger partial charge on any atom is -0.777 e. The van der Waals surface area contributed by atoms with Crippen LogP contribution in [0, 0.1) is 12.8 Å². The van der Waals surface area contributed by atoms with Crippen molar-refractivity contribution in [1.82, 2.24) is 0 Å². The summed E-state index contributed by atoms with van der Waals surface area (Å²) in [5.74, 6) is 0.838. The van der Waals surface area contributed by atoms with Crippen LogP contribution in [0.4, 0.5) is 0 Å². The minimum atomic E-state index is -4.42. The average Bonchev–Trinajstić information content (AvgIpc) is 2.84. The van der Waals surface area contributed by atoms with Crippen molar-refractivity contribution in [3.8, 4) is 0 Å². The fourth-order valence-corrected chi connectivity index (χ4v) is 6.09. The Morgan fingerprint density at radius 3 is 1.78 bits per heavy atom. The van der Waals surface area contributed by atoms with E-state index in [1.54, 1.807) is 12.1 Å². The summed E-state index contributed by atoms with van der Waals surface area (Å²) in [6.07, 6.45) is 16.4. The van der Waals surface area contributed by atoms with E-state index in [4.69, 9.17) is 9.26 Å². The lowest BCUT2D eigenvalue weighted by Crippen LogP contribution is -2.15. The Kier molecular flexibility index (Phi) is 18.7. The molecule has 1 rings (SSSR count).